The molecule has 0 fully saturated rings. The van der Waals surface area contributed by atoms with Gasteiger partial charge in [-0.1, -0.05) is 18.2 Å². The molecule has 5 nitrogen and oxygen atoms in total. The van der Waals surface area contributed by atoms with E-state index in [9.17, 15) is 18.0 Å². The number of halogens is 3. The monoisotopic (exact) mass is 392 g/mol. The molecule has 0 aliphatic carbocycles. The first-order chi connectivity index (χ1) is 13.3. The summed E-state index contributed by atoms with van der Waals surface area (Å²) in [5.74, 6) is -0.950. The highest BCUT2D eigenvalue weighted by molar-refractivity contribution is 5.95. The van der Waals surface area contributed by atoms with E-state index in [0.717, 1.165) is 0 Å². The largest absolute Gasteiger partial charge is 0.497 e. The average Bonchev–Trinajstić information content (AvgIpc) is 3.10. The van der Waals surface area contributed by atoms with Crippen LogP contribution in [0.4, 0.5) is 18.9 Å². The summed E-state index contributed by atoms with van der Waals surface area (Å²) in [5.41, 5.74) is -2.77. The number of benzene rings is 2. The number of rotatable bonds is 6. The zero-order chi connectivity index (χ0) is 20.4. The number of nitrogens with one attached hydrogen (secondary N) is 2. The lowest BCUT2D eigenvalue weighted by atomic mass is 9.88. The van der Waals surface area contributed by atoms with Crippen molar-refractivity contribution in [3.8, 4) is 5.75 Å². The van der Waals surface area contributed by atoms with Crippen LogP contribution in [-0.2, 0) is 15.1 Å². The standard InChI is InChI=1S/C20H19F3N2O3/c1-3-28-18(26)19(20(21,22)23,25-13-8-10-14(27-2)11-9-13)16-12-24-17-7-5-4-6-15(16)17/h4-12,24-25H,3H2,1-2H3. The third-order valence-electron chi connectivity index (χ3n) is 4.42. The number of ether oxygens (including phenoxy) is 2. The fraction of sp³-hybridized carbons (Fsp3) is 0.250. The number of hydrogen-bond acceptors (Lipinski definition) is 4. The molecule has 8 heteroatoms. The molecule has 0 saturated heterocycles. The Morgan fingerprint density at radius 2 is 1.79 bits per heavy atom. The van der Waals surface area contributed by atoms with E-state index in [-0.39, 0.29) is 23.2 Å². The van der Waals surface area contributed by atoms with Crippen molar-refractivity contribution in [2.75, 3.05) is 19.0 Å². The van der Waals surface area contributed by atoms with E-state index in [4.69, 9.17) is 9.47 Å². The third-order valence-corrected chi connectivity index (χ3v) is 4.42. The van der Waals surface area contributed by atoms with Gasteiger partial charge in [0.1, 0.15) is 5.75 Å². The van der Waals surface area contributed by atoms with Gasteiger partial charge in [-0.15, -0.1) is 0 Å². The fourth-order valence-corrected chi connectivity index (χ4v) is 3.08. The first kappa shape index (κ1) is 19.6. The number of hydrogen-bond donors (Lipinski definition) is 2. The van der Waals surface area contributed by atoms with Gasteiger partial charge in [-0.2, -0.15) is 13.2 Å². The highest BCUT2D eigenvalue weighted by Crippen LogP contribution is 2.45. The highest BCUT2D eigenvalue weighted by atomic mass is 19.4. The minimum Gasteiger partial charge on any atom is -0.497 e. The second-order valence-electron chi connectivity index (χ2n) is 6.07. The molecule has 0 amide bonds. The summed E-state index contributed by atoms with van der Waals surface area (Å²) in [5, 5.41) is 2.66. The van der Waals surface area contributed by atoms with Crippen molar-refractivity contribution in [2.24, 2.45) is 0 Å². The van der Waals surface area contributed by atoms with E-state index in [1.54, 1.807) is 18.2 Å². The number of carbonyl (C=O) groups excluding carboxylic acids is 1. The van der Waals surface area contributed by atoms with Crippen LogP contribution in [0.1, 0.15) is 12.5 Å². The molecular formula is C20H19F3N2O3. The summed E-state index contributed by atoms with van der Waals surface area (Å²) >= 11 is 0. The lowest BCUT2D eigenvalue weighted by Crippen LogP contribution is -2.56. The van der Waals surface area contributed by atoms with Crippen molar-refractivity contribution in [3.05, 3.63) is 60.3 Å². The summed E-state index contributed by atoms with van der Waals surface area (Å²) in [6.07, 6.45) is -3.80. The molecule has 0 radical (unpaired) electrons. The van der Waals surface area contributed by atoms with Crippen LogP contribution in [0, 0.1) is 0 Å². The Labute approximate surface area is 159 Å². The first-order valence-corrected chi connectivity index (χ1v) is 8.56. The molecule has 3 rings (SSSR count). The van der Waals surface area contributed by atoms with Crippen LogP contribution in [0.15, 0.2) is 54.7 Å². The van der Waals surface area contributed by atoms with Crippen molar-refractivity contribution in [1.82, 2.24) is 4.98 Å². The van der Waals surface area contributed by atoms with Crippen LogP contribution in [0.25, 0.3) is 10.9 Å². The smallest absolute Gasteiger partial charge is 0.426 e. The van der Waals surface area contributed by atoms with Gasteiger partial charge in [0.15, 0.2) is 0 Å². The third kappa shape index (κ3) is 3.26. The topological polar surface area (TPSA) is 63.4 Å². The minimum absolute atomic E-state index is 0.0939. The van der Waals surface area contributed by atoms with E-state index < -0.39 is 17.7 Å². The normalized spacial score (nSPS) is 13.8. The van der Waals surface area contributed by atoms with Crippen molar-refractivity contribution < 1.29 is 27.4 Å². The van der Waals surface area contributed by atoms with Crippen LogP contribution >= 0.6 is 0 Å². The molecule has 2 N–H and O–H groups in total. The predicted octanol–water partition coefficient (Wildman–Crippen LogP) is 4.61. The molecule has 3 aromatic rings. The van der Waals surface area contributed by atoms with Gasteiger partial charge in [-0.3, -0.25) is 0 Å². The zero-order valence-corrected chi connectivity index (χ0v) is 15.3. The number of methoxy groups -OCH3 is 1. The van der Waals surface area contributed by atoms with Gasteiger partial charge in [-0.05, 0) is 37.3 Å². The van der Waals surface area contributed by atoms with Crippen molar-refractivity contribution in [2.45, 2.75) is 18.6 Å². The van der Waals surface area contributed by atoms with Gasteiger partial charge >= 0.3 is 12.1 Å². The van der Waals surface area contributed by atoms with E-state index in [2.05, 4.69) is 10.3 Å². The quantitative estimate of drug-likeness (QED) is 0.602. The van der Waals surface area contributed by atoms with Crippen molar-refractivity contribution in [3.63, 3.8) is 0 Å². The van der Waals surface area contributed by atoms with Crippen LogP contribution in [0.2, 0.25) is 0 Å². The molecule has 1 heterocycles. The van der Waals surface area contributed by atoms with E-state index >= 15 is 0 Å². The van der Waals surface area contributed by atoms with Gasteiger partial charge < -0.3 is 19.8 Å². The Morgan fingerprint density at radius 3 is 2.39 bits per heavy atom. The molecule has 0 aliphatic heterocycles. The zero-order valence-electron chi connectivity index (χ0n) is 15.3. The molecule has 148 valence electrons. The lowest BCUT2D eigenvalue weighted by Gasteiger charge is -2.35. The number of esters is 1. The van der Waals surface area contributed by atoms with E-state index in [1.165, 1.54) is 50.6 Å². The molecule has 0 saturated carbocycles. The van der Waals surface area contributed by atoms with Gasteiger partial charge in [0.25, 0.3) is 5.54 Å². The van der Waals surface area contributed by atoms with Gasteiger partial charge in [0.05, 0.1) is 13.7 Å². The Hall–Kier alpha value is -3.16. The van der Waals surface area contributed by atoms with E-state index in [1.807, 2.05) is 0 Å². The number of para-hydroxylation sites is 1. The Balaban J connectivity index is 2.22. The lowest BCUT2D eigenvalue weighted by molar-refractivity contribution is -0.202. The molecule has 2 aromatic carbocycles. The Bertz CT molecular complexity index is 967. The summed E-state index contributed by atoms with van der Waals surface area (Å²) in [7, 11) is 1.45. The summed E-state index contributed by atoms with van der Waals surface area (Å²) in [4.78, 5) is 15.5. The van der Waals surface area contributed by atoms with Crippen LogP contribution in [0.5, 0.6) is 5.75 Å². The minimum atomic E-state index is -4.98. The highest BCUT2D eigenvalue weighted by Gasteiger charge is 2.64. The Kier molecular flexibility index (Phi) is 5.22. The van der Waals surface area contributed by atoms with E-state index in [0.29, 0.717) is 11.3 Å². The molecular weight excluding hydrogens is 373 g/mol. The fourth-order valence-electron chi connectivity index (χ4n) is 3.08. The predicted molar refractivity (Wildman–Crippen MR) is 99.3 cm³/mol. The summed E-state index contributed by atoms with van der Waals surface area (Å²) < 4.78 is 53.3. The van der Waals surface area contributed by atoms with Crippen LogP contribution < -0.4 is 10.1 Å². The van der Waals surface area contributed by atoms with Crippen LogP contribution in [-0.4, -0.2) is 30.8 Å². The van der Waals surface area contributed by atoms with Crippen LogP contribution in [0.3, 0.4) is 0 Å². The molecule has 0 aliphatic rings. The molecule has 1 unspecified atom stereocenters. The molecule has 1 atom stereocenters. The number of fused-ring (bicyclic) bond motifs is 1. The SMILES string of the molecule is CCOC(=O)C(Nc1ccc(OC)cc1)(c1c[nH]c2ccccc12)C(F)(F)F. The molecule has 0 spiro atoms. The van der Waals surface area contributed by atoms with Gasteiger partial charge in [0.2, 0.25) is 0 Å². The molecule has 1 aromatic heterocycles. The maximum absolute atomic E-state index is 14.5. The number of aromatic nitrogens is 1. The first-order valence-electron chi connectivity index (χ1n) is 8.56. The van der Waals surface area contributed by atoms with Crippen molar-refractivity contribution in [1.29, 1.82) is 0 Å². The molecule has 28 heavy (non-hydrogen) atoms. The van der Waals surface area contributed by atoms with Gasteiger partial charge in [0, 0.05) is 28.4 Å². The second-order valence-corrected chi connectivity index (χ2v) is 6.07. The summed E-state index contributed by atoms with van der Waals surface area (Å²) in [6, 6.07) is 12.3. The molecule has 0 bridgehead atoms. The maximum Gasteiger partial charge on any atom is 0.426 e. The number of aromatic amines is 1. The number of anilines is 1. The average molecular weight is 392 g/mol. The number of carbonyl (C=O) groups is 1. The maximum atomic E-state index is 14.5. The summed E-state index contributed by atoms with van der Waals surface area (Å²) in [6.45, 7) is 1.27. The number of alkyl halides is 3. The number of H-pyrrole nitrogens is 1. The van der Waals surface area contributed by atoms with Gasteiger partial charge in [-0.25, -0.2) is 4.79 Å². The van der Waals surface area contributed by atoms with Crippen molar-refractivity contribution >= 4 is 22.6 Å². The Morgan fingerprint density at radius 1 is 1.11 bits per heavy atom. The second kappa shape index (κ2) is 7.46.